The van der Waals surface area contributed by atoms with E-state index in [9.17, 15) is 27.9 Å². The molecule has 0 bridgehead atoms. The van der Waals surface area contributed by atoms with Gasteiger partial charge in [0.05, 0.1) is 27.8 Å². The largest absolute Gasteiger partial charge is 0.494 e. The number of halogens is 3. The minimum Gasteiger partial charge on any atom is -0.494 e. The Balaban J connectivity index is 1.37. The number of piperazine rings is 1. The van der Waals surface area contributed by atoms with Crippen LogP contribution in [0.5, 0.6) is 5.75 Å². The Hall–Kier alpha value is -3.18. The number of hydrogen-bond donors (Lipinski definition) is 1. The van der Waals surface area contributed by atoms with Crippen LogP contribution in [-0.2, 0) is 6.18 Å². The van der Waals surface area contributed by atoms with Gasteiger partial charge in [0.2, 0.25) is 0 Å². The molecule has 1 aromatic heterocycles. The summed E-state index contributed by atoms with van der Waals surface area (Å²) in [5.41, 5.74) is -2.58. The van der Waals surface area contributed by atoms with Crippen LogP contribution in [0.2, 0.25) is 0 Å². The van der Waals surface area contributed by atoms with Crippen molar-refractivity contribution < 1.29 is 27.8 Å². The van der Waals surface area contributed by atoms with Gasteiger partial charge in [0.1, 0.15) is 5.75 Å². The van der Waals surface area contributed by atoms with E-state index in [1.165, 1.54) is 0 Å². The van der Waals surface area contributed by atoms with Crippen molar-refractivity contribution in [2.24, 2.45) is 0 Å². The maximum atomic E-state index is 13.2. The third-order valence-electron chi connectivity index (χ3n) is 5.79. The molecule has 1 saturated heterocycles. The number of carboxylic acids is 1. The zero-order chi connectivity index (χ0) is 25.0. The monoisotopic (exact) mass is 507 g/mol. The number of alkyl halides is 3. The first kappa shape index (κ1) is 24.9. The number of ether oxygens (including phenoxy) is 1. The van der Waals surface area contributed by atoms with E-state index in [0.717, 1.165) is 49.6 Å². The number of aromatic carboxylic acids is 1. The number of carbonyl (C=O) groups is 1. The standard InChI is InChI=1S/C24H24F3N3O4S/c25-24(26,27)16-14-18-20(19(15-16)22(32)33)35-23(28-21(18)31)30-11-9-29(10-12-30)8-4-5-13-34-17-6-2-1-3-7-17/h1-3,6-7,14-15H,4-5,8-13H2,(H,32,33). The second kappa shape index (κ2) is 10.6. The molecule has 1 aliphatic heterocycles. The maximum absolute atomic E-state index is 13.2. The number of hydrogen-bond acceptors (Lipinski definition) is 7. The number of nitrogens with zero attached hydrogens (tertiary/aromatic N) is 3. The van der Waals surface area contributed by atoms with Crippen LogP contribution in [0.25, 0.3) is 10.1 Å². The van der Waals surface area contributed by atoms with Crippen LogP contribution >= 0.6 is 11.3 Å². The molecule has 7 nitrogen and oxygen atoms in total. The lowest BCUT2D eigenvalue weighted by Crippen LogP contribution is -2.47. The Morgan fingerprint density at radius 1 is 1.09 bits per heavy atom. The summed E-state index contributed by atoms with van der Waals surface area (Å²) in [6, 6.07) is 10.9. The lowest BCUT2D eigenvalue weighted by Gasteiger charge is -2.35. The fourth-order valence-corrected chi connectivity index (χ4v) is 5.06. The molecule has 0 radical (unpaired) electrons. The van der Waals surface area contributed by atoms with E-state index < -0.39 is 28.8 Å². The van der Waals surface area contributed by atoms with Crippen molar-refractivity contribution in [3.05, 3.63) is 63.9 Å². The molecule has 2 heterocycles. The second-order valence-corrected chi connectivity index (χ2v) is 9.18. The van der Waals surface area contributed by atoms with E-state index in [0.29, 0.717) is 37.0 Å². The number of rotatable bonds is 8. The zero-order valence-corrected chi connectivity index (χ0v) is 19.6. The molecule has 0 spiro atoms. The first-order valence-corrected chi connectivity index (χ1v) is 12.0. The highest BCUT2D eigenvalue weighted by molar-refractivity contribution is 7.22. The van der Waals surface area contributed by atoms with Gasteiger partial charge in [-0.1, -0.05) is 29.5 Å². The number of carboxylic acid groups (broad SMARTS) is 1. The van der Waals surface area contributed by atoms with E-state index in [1.54, 1.807) is 0 Å². The van der Waals surface area contributed by atoms with Crippen molar-refractivity contribution in [1.82, 2.24) is 9.88 Å². The van der Waals surface area contributed by atoms with Crippen LogP contribution in [0.3, 0.4) is 0 Å². The van der Waals surface area contributed by atoms with Gasteiger partial charge in [-0.25, -0.2) is 4.79 Å². The number of benzene rings is 2. The van der Waals surface area contributed by atoms with Crippen molar-refractivity contribution in [1.29, 1.82) is 0 Å². The molecule has 1 aliphatic rings. The van der Waals surface area contributed by atoms with Crippen molar-refractivity contribution in [2.75, 3.05) is 44.2 Å². The van der Waals surface area contributed by atoms with E-state index in [4.69, 9.17) is 4.74 Å². The summed E-state index contributed by atoms with van der Waals surface area (Å²) in [5.74, 6) is -0.668. The molecular weight excluding hydrogens is 483 g/mol. The van der Waals surface area contributed by atoms with Gasteiger partial charge in [-0.2, -0.15) is 18.2 Å². The molecule has 11 heteroatoms. The Kier molecular flexibility index (Phi) is 7.56. The summed E-state index contributed by atoms with van der Waals surface area (Å²) in [5, 5.41) is 9.46. The van der Waals surface area contributed by atoms with Crippen molar-refractivity contribution in [3.63, 3.8) is 0 Å². The Labute approximate surface area is 203 Å². The van der Waals surface area contributed by atoms with Gasteiger partial charge < -0.3 is 14.7 Å². The number of fused-ring (bicyclic) bond motifs is 1. The second-order valence-electron chi connectivity index (χ2n) is 8.20. The summed E-state index contributed by atoms with van der Waals surface area (Å²) >= 11 is 0.937. The molecule has 0 unspecified atom stereocenters. The number of para-hydroxylation sites is 1. The van der Waals surface area contributed by atoms with Gasteiger partial charge >= 0.3 is 12.1 Å². The quantitative estimate of drug-likeness (QED) is 0.454. The molecule has 1 fully saturated rings. The average Bonchev–Trinajstić information content (AvgIpc) is 2.83. The van der Waals surface area contributed by atoms with Crippen molar-refractivity contribution in [2.45, 2.75) is 19.0 Å². The van der Waals surface area contributed by atoms with Crippen molar-refractivity contribution in [3.8, 4) is 5.75 Å². The highest BCUT2D eigenvalue weighted by atomic mass is 32.1. The Morgan fingerprint density at radius 2 is 1.80 bits per heavy atom. The fraction of sp³-hybridized carbons (Fsp3) is 0.375. The van der Waals surface area contributed by atoms with Gasteiger partial charge in [-0.3, -0.25) is 9.69 Å². The van der Waals surface area contributed by atoms with E-state index in [2.05, 4.69) is 9.88 Å². The third-order valence-corrected chi connectivity index (χ3v) is 6.97. The normalized spacial score (nSPS) is 14.9. The molecule has 4 rings (SSSR count). The third kappa shape index (κ3) is 6.09. The summed E-state index contributed by atoms with van der Waals surface area (Å²) in [4.78, 5) is 32.4. The topological polar surface area (TPSA) is 83.0 Å². The van der Waals surface area contributed by atoms with Crippen LogP contribution in [0.4, 0.5) is 18.3 Å². The minimum atomic E-state index is -4.77. The van der Waals surface area contributed by atoms with Crippen molar-refractivity contribution >= 4 is 32.5 Å². The first-order chi connectivity index (χ1) is 16.7. The van der Waals surface area contributed by atoms with Gasteiger partial charge in [-0.15, -0.1) is 0 Å². The van der Waals surface area contributed by atoms with Crippen LogP contribution in [0.15, 0.2) is 47.3 Å². The van der Waals surface area contributed by atoms with Crippen LogP contribution < -0.4 is 15.2 Å². The highest BCUT2D eigenvalue weighted by Crippen LogP contribution is 2.35. The van der Waals surface area contributed by atoms with E-state index >= 15 is 0 Å². The molecule has 3 aromatic rings. The van der Waals surface area contributed by atoms with Crippen LogP contribution in [-0.4, -0.2) is 60.3 Å². The molecule has 186 valence electrons. The van der Waals surface area contributed by atoms with Gasteiger partial charge in [0, 0.05) is 26.2 Å². The fourth-order valence-electron chi connectivity index (χ4n) is 3.92. The molecule has 1 N–H and O–H groups in total. The van der Waals surface area contributed by atoms with Gasteiger partial charge in [0.15, 0.2) is 5.13 Å². The average molecular weight is 508 g/mol. The zero-order valence-electron chi connectivity index (χ0n) is 18.8. The van der Waals surface area contributed by atoms with E-state index in [1.807, 2.05) is 35.2 Å². The summed E-state index contributed by atoms with van der Waals surface area (Å²) < 4.78 is 45.2. The molecule has 2 aromatic carbocycles. The van der Waals surface area contributed by atoms with E-state index in [-0.39, 0.29) is 10.1 Å². The molecular formula is C24H24F3N3O4S. The predicted octanol–water partition coefficient (Wildman–Crippen LogP) is 4.35. The maximum Gasteiger partial charge on any atom is 0.416 e. The molecule has 0 saturated carbocycles. The molecule has 35 heavy (non-hydrogen) atoms. The number of unbranched alkanes of at least 4 members (excludes halogenated alkanes) is 1. The lowest BCUT2D eigenvalue weighted by molar-refractivity contribution is -0.137. The molecule has 0 amide bonds. The Morgan fingerprint density at radius 3 is 2.46 bits per heavy atom. The van der Waals surface area contributed by atoms with Crippen LogP contribution in [0, 0.1) is 0 Å². The number of aromatic nitrogens is 1. The van der Waals surface area contributed by atoms with Gasteiger partial charge in [0.25, 0.3) is 5.56 Å². The highest BCUT2D eigenvalue weighted by Gasteiger charge is 2.33. The summed E-state index contributed by atoms with van der Waals surface area (Å²) in [6.07, 6.45) is -2.88. The smallest absolute Gasteiger partial charge is 0.416 e. The minimum absolute atomic E-state index is 0.00125. The summed E-state index contributed by atoms with van der Waals surface area (Å²) in [6.45, 7) is 4.17. The molecule has 0 atom stereocenters. The predicted molar refractivity (Wildman–Crippen MR) is 128 cm³/mol. The first-order valence-electron chi connectivity index (χ1n) is 11.2. The lowest BCUT2D eigenvalue weighted by atomic mass is 10.1. The summed E-state index contributed by atoms with van der Waals surface area (Å²) in [7, 11) is 0. The van der Waals surface area contributed by atoms with Crippen LogP contribution in [0.1, 0.15) is 28.8 Å². The number of anilines is 1. The van der Waals surface area contributed by atoms with Gasteiger partial charge in [-0.05, 0) is 43.7 Å². The SMILES string of the molecule is O=C(O)c1cc(C(F)(F)F)cc2c(=O)nc(N3CCN(CCCCOc4ccccc4)CC3)sc12. The molecule has 0 aliphatic carbocycles. The Bertz CT molecular complexity index is 1240.